The number of carbonyl (C=O) groups excluding carboxylic acids is 1. The molecule has 3 aromatic rings. The van der Waals surface area contributed by atoms with Crippen molar-refractivity contribution in [3.63, 3.8) is 0 Å². The molecule has 28 heavy (non-hydrogen) atoms. The van der Waals surface area contributed by atoms with E-state index < -0.39 is 5.97 Å². The topological polar surface area (TPSA) is 93.3 Å². The number of benzene rings is 1. The molecule has 1 aromatic carbocycles. The standard InChI is InChI=1S/C21H22N2O4S/c1-4-13-9-15(8-12(3)16(13)6-7-19(25)26)20-22-21(27-23-20)17-10-14(5-2)18(11-24)28-17/h8-11H,4-7H2,1-3H3,(H,25,26). The number of rotatable bonds is 8. The van der Waals surface area contributed by atoms with Crippen LogP contribution in [0.15, 0.2) is 22.7 Å². The Morgan fingerprint density at radius 1 is 1.21 bits per heavy atom. The van der Waals surface area contributed by atoms with Crippen molar-refractivity contribution in [2.75, 3.05) is 0 Å². The van der Waals surface area contributed by atoms with E-state index in [1.807, 2.05) is 39.0 Å². The van der Waals surface area contributed by atoms with E-state index >= 15 is 0 Å². The van der Waals surface area contributed by atoms with E-state index in [9.17, 15) is 9.59 Å². The molecule has 0 saturated heterocycles. The molecule has 0 atom stereocenters. The summed E-state index contributed by atoms with van der Waals surface area (Å²) < 4.78 is 5.44. The Morgan fingerprint density at radius 2 is 1.96 bits per heavy atom. The van der Waals surface area contributed by atoms with E-state index in [2.05, 4.69) is 10.1 Å². The number of hydrogen-bond acceptors (Lipinski definition) is 6. The van der Waals surface area contributed by atoms with Gasteiger partial charge in [-0.2, -0.15) is 4.98 Å². The molecule has 1 N–H and O–H groups in total. The lowest BCUT2D eigenvalue weighted by atomic mass is 9.93. The van der Waals surface area contributed by atoms with Gasteiger partial charge in [0.2, 0.25) is 5.82 Å². The molecule has 0 radical (unpaired) electrons. The quantitative estimate of drug-likeness (QED) is 0.552. The van der Waals surface area contributed by atoms with Gasteiger partial charge in [0.25, 0.3) is 5.89 Å². The van der Waals surface area contributed by atoms with Crippen molar-refractivity contribution in [2.45, 2.75) is 46.5 Å². The molecule has 0 bridgehead atoms. The molecule has 0 aliphatic rings. The number of aryl methyl sites for hydroxylation is 3. The number of hydrogen-bond donors (Lipinski definition) is 1. The second-order valence-corrected chi connectivity index (χ2v) is 7.66. The third-order valence-corrected chi connectivity index (χ3v) is 5.85. The summed E-state index contributed by atoms with van der Waals surface area (Å²) in [6.45, 7) is 6.02. The molecule has 0 spiro atoms. The summed E-state index contributed by atoms with van der Waals surface area (Å²) in [4.78, 5) is 28.1. The molecule has 2 heterocycles. The first kappa shape index (κ1) is 19.9. The number of nitrogens with zero attached hydrogens (tertiary/aromatic N) is 2. The van der Waals surface area contributed by atoms with Crippen LogP contribution < -0.4 is 0 Å². The molecule has 0 aliphatic heterocycles. The van der Waals surface area contributed by atoms with Gasteiger partial charge in [0.1, 0.15) is 0 Å². The number of carbonyl (C=O) groups is 2. The van der Waals surface area contributed by atoms with Gasteiger partial charge in [-0.3, -0.25) is 9.59 Å². The van der Waals surface area contributed by atoms with E-state index in [0.29, 0.717) is 23.0 Å². The SMILES string of the molecule is CCc1cc(-c2nc(-c3cc(C)c(CCC(=O)O)c(CC)c3)no2)sc1C=O. The van der Waals surface area contributed by atoms with E-state index in [-0.39, 0.29) is 6.42 Å². The van der Waals surface area contributed by atoms with E-state index in [1.165, 1.54) is 11.3 Å². The maximum Gasteiger partial charge on any atom is 0.303 e. The minimum Gasteiger partial charge on any atom is -0.481 e. The zero-order chi connectivity index (χ0) is 20.3. The highest BCUT2D eigenvalue weighted by Gasteiger charge is 2.17. The van der Waals surface area contributed by atoms with Crippen LogP contribution in [-0.2, 0) is 24.1 Å². The number of carboxylic acid groups (broad SMARTS) is 1. The summed E-state index contributed by atoms with van der Waals surface area (Å²) in [5, 5.41) is 13.1. The third kappa shape index (κ3) is 4.04. The van der Waals surface area contributed by atoms with Crippen LogP contribution in [0.4, 0.5) is 0 Å². The van der Waals surface area contributed by atoms with Crippen molar-refractivity contribution in [3.05, 3.63) is 45.3 Å². The largest absolute Gasteiger partial charge is 0.481 e. The van der Waals surface area contributed by atoms with Gasteiger partial charge in [0.05, 0.1) is 9.75 Å². The van der Waals surface area contributed by atoms with Crippen LogP contribution in [-0.4, -0.2) is 27.5 Å². The molecule has 7 heteroatoms. The number of thiophene rings is 1. The lowest BCUT2D eigenvalue weighted by molar-refractivity contribution is -0.136. The first-order valence-electron chi connectivity index (χ1n) is 9.23. The van der Waals surface area contributed by atoms with Crippen molar-refractivity contribution in [2.24, 2.45) is 0 Å². The van der Waals surface area contributed by atoms with Gasteiger partial charge in [-0.25, -0.2) is 0 Å². The predicted octanol–water partition coefficient (Wildman–Crippen LogP) is 4.73. The lowest BCUT2D eigenvalue weighted by Crippen LogP contribution is -2.03. The van der Waals surface area contributed by atoms with Crippen molar-refractivity contribution >= 4 is 23.6 Å². The maximum atomic E-state index is 11.2. The fourth-order valence-corrected chi connectivity index (χ4v) is 4.28. The van der Waals surface area contributed by atoms with E-state index in [4.69, 9.17) is 9.63 Å². The second-order valence-electron chi connectivity index (χ2n) is 6.57. The fourth-order valence-electron chi connectivity index (χ4n) is 3.29. The Morgan fingerprint density at radius 3 is 2.57 bits per heavy atom. The Hall–Kier alpha value is -2.80. The van der Waals surface area contributed by atoms with Crippen LogP contribution in [0.1, 0.15) is 52.2 Å². The highest BCUT2D eigenvalue weighted by Crippen LogP contribution is 2.32. The van der Waals surface area contributed by atoms with E-state index in [1.54, 1.807) is 0 Å². The summed E-state index contributed by atoms with van der Waals surface area (Å²) in [7, 11) is 0. The smallest absolute Gasteiger partial charge is 0.303 e. The summed E-state index contributed by atoms with van der Waals surface area (Å²) in [5.41, 5.74) is 5.00. The minimum absolute atomic E-state index is 0.108. The summed E-state index contributed by atoms with van der Waals surface area (Å²) in [5.74, 6) is 0.0792. The zero-order valence-electron chi connectivity index (χ0n) is 16.1. The molecule has 0 aliphatic carbocycles. The first-order valence-corrected chi connectivity index (χ1v) is 10.0. The highest BCUT2D eigenvalue weighted by atomic mass is 32.1. The van der Waals surface area contributed by atoms with Gasteiger partial charge in [0, 0.05) is 12.0 Å². The molecule has 0 saturated carbocycles. The highest BCUT2D eigenvalue weighted by molar-refractivity contribution is 7.17. The fraction of sp³-hybridized carbons (Fsp3) is 0.333. The van der Waals surface area contributed by atoms with Gasteiger partial charge >= 0.3 is 5.97 Å². The van der Waals surface area contributed by atoms with Crippen LogP contribution >= 0.6 is 11.3 Å². The molecule has 0 unspecified atom stereocenters. The van der Waals surface area contributed by atoms with Gasteiger partial charge in [0.15, 0.2) is 6.29 Å². The van der Waals surface area contributed by atoms with Crippen molar-refractivity contribution in [1.29, 1.82) is 0 Å². The van der Waals surface area contributed by atoms with Crippen LogP contribution in [0.3, 0.4) is 0 Å². The maximum absolute atomic E-state index is 11.2. The molecule has 0 amide bonds. The van der Waals surface area contributed by atoms with Gasteiger partial charge in [-0.05, 0) is 66.6 Å². The lowest BCUT2D eigenvalue weighted by Gasteiger charge is -2.12. The summed E-state index contributed by atoms with van der Waals surface area (Å²) in [6, 6.07) is 5.89. The molecule has 3 rings (SSSR count). The van der Waals surface area contributed by atoms with Crippen LogP contribution in [0.2, 0.25) is 0 Å². The second kappa shape index (κ2) is 8.48. The molecule has 0 fully saturated rings. The molecule has 6 nitrogen and oxygen atoms in total. The van der Waals surface area contributed by atoms with Crippen LogP contribution in [0.5, 0.6) is 0 Å². The van der Waals surface area contributed by atoms with Gasteiger partial charge in [-0.15, -0.1) is 11.3 Å². The Labute approximate surface area is 167 Å². The third-order valence-electron chi connectivity index (χ3n) is 4.76. The van der Waals surface area contributed by atoms with Gasteiger partial charge in [-0.1, -0.05) is 19.0 Å². The molecule has 146 valence electrons. The minimum atomic E-state index is -0.801. The van der Waals surface area contributed by atoms with Crippen molar-refractivity contribution in [1.82, 2.24) is 10.1 Å². The van der Waals surface area contributed by atoms with Crippen LogP contribution in [0, 0.1) is 6.92 Å². The number of aliphatic carboxylic acids is 1. The number of aldehydes is 1. The number of aromatic nitrogens is 2. The average Bonchev–Trinajstić information content (AvgIpc) is 3.32. The Balaban J connectivity index is 1.94. The molecular weight excluding hydrogens is 376 g/mol. The Bertz CT molecular complexity index is 1020. The summed E-state index contributed by atoms with van der Waals surface area (Å²) in [6.07, 6.45) is 3.03. The first-order chi connectivity index (χ1) is 13.5. The van der Waals surface area contributed by atoms with Crippen molar-refractivity contribution in [3.8, 4) is 22.2 Å². The predicted molar refractivity (Wildman–Crippen MR) is 108 cm³/mol. The zero-order valence-corrected chi connectivity index (χ0v) is 16.9. The summed E-state index contributed by atoms with van der Waals surface area (Å²) >= 11 is 1.35. The Kier molecular flexibility index (Phi) is 6.04. The number of carboxylic acids is 1. The average molecular weight is 398 g/mol. The van der Waals surface area contributed by atoms with Crippen LogP contribution in [0.25, 0.3) is 22.2 Å². The van der Waals surface area contributed by atoms with E-state index in [0.717, 1.165) is 51.8 Å². The van der Waals surface area contributed by atoms with Gasteiger partial charge < -0.3 is 9.63 Å². The monoisotopic (exact) mass is 398 g/mol. The normalized spacial score (nSPS) is 11.0. The molecular formula is C21H22N2O4S. The van der Waals surface area contributed by atoms with Crippen molar-refractivity contribution < 1.29 is 19.2 Å². The molecule has 2 aromatic heterocycles.